The van der Waals surface area contributed by atoms with E-state index in [-0.39, 0.29) is 10.8 Å². The van der Waals surface area contributed by atoms with Crippen molar-refractivity contribution in [1.82, 2.24) is 4.72 Å². The molecule has 1 N–H and O–H groups in total. The fourth-order valence-corrected chi connectivity index (χ4v) is 3.04. The molecule has 0 unspecified atom stereocenters. The number of sulfonamides is 1. The second kappa shape index (κ2) is 7.42. The zero-order valence-corrected chi connectivity index (χ0v) is 13.4. The molecule has 0 aliphatic heterocycles. The third kappa shape index (κ3) is 4.44. The molecule has 0 radical (unpaired) electrons. The van der Waals surface area contributed by atoms with Gasteiger partial charge >= 0.3 is 5.97 Å². The molecule has 1 aromatic rings. The molecule has 0 fully saturated rings. The van der Waals surface area contributed by atoms with Gasteiger partial charge in [-0.05, 0) is 30.2 Å². The summed E-state index contributed by atoms with van der Waals surface area (Å²) in [5, 5.41) is 0. The number of nitrogens with one attached hydrogen (secondary N) is 1. The second-order valence-electron chi connectivity index (χ2n) is 4.68. The summed E-state index contributed by atoms with van der Waals surface area (Å²) in [4.78, 5) is 11.8. The number of rotatable bonds is 7. The molecule has 0 saturated heterocycles. The number of benzene rings is 1. The summed E-state index contributed by atoms with van der Waals surface area (Å²) in [5.74, 6) is -0.215. The van der Waals surface area contributed by atoms with Crippen LogP contribution in [-0.4, -0.2) is 34.6 Å². The SMILES string of the molecule is CC[C@H](C)[C@H](NS(=O)(=O)c1ccc(OC)cc1)C(=O)OC. The van der Waals surface area contributed by atoms with E-state index in [4.69, 9.17) is 4.74 Å². The normalized spacial score (nSPS) is 14.3. The molecule has 2 atom stereocenters. The Morgan fingerprint density at radius 3 is 2.24 bits per heavy atom. The molecule has 0 spiro atoms. The summed E-state index contributed by atoms with van der Waals surface area (Å²) < 4.78 is 36.7. The highest BCUT2D eigenvalue weighted by molar-refractivity contribution is 7.89. The van der Waals surface area contributed by atoms with Gasteiger partial charge in [0.05, 0.1) is 19.1 Å². The lowest BCUT2D eigenvalue weighted by molar-refractivity contribution is -0.143. The lowest BCUT2D eigenvalue weighted by Crippen LogP contribution is -2.45. The number of hydrogen-bond acceptors (Lipinski definition) is 5. The van der Waals surface area contributed by atoms with Crippen LogP contribution >= 0.6 is 0 Å². The van der Waals surface area contributed by atoms with E-state index in [1.165, 1.54) is 26.4 Å². The fraction of sp³-hybridized carbons (Fsp3) is 0.500. The Morgan fingerprint density at radius 2 is 1.81 bits per heavy atom. The van der Waals surface area contributed by atoms with E-state index in [0.717, 1.165) is 0 Å². The van der Waals surface area contributed by atoms with Crippen molar-refractivity contribution in [1.29, 1.82) is 0 Å². The quantitative estimate of drug-likeness (QED) is 0.772. The van der Waals surface area contributed by atoms with E-state index in [1.54, 1.807) is 19.1 Å². The zero-order chi connectivity index (χ0) is 16.0. The van der Waals surface area contributed by atoms with Gasteiger partial charge in [-0.1, -0.05) is 20.3 Å². The van der Waals surface area contributed by atoms with E-state index >= 15 is 0 Å². The number of esters is 1. The number of methoxy groups -OCH3 is 2. The summed E-state index contributed by atoms with van der Waals surface area (Å²) in [5.41, 5.74) is 0. The Kier molecular flexibility index (Phi) is 6.17. The maximum Gasteiger partial charge on any atom is 0.324 e. The molecule has 0 aliphatic carbocycles. The Balaban J connectivity index is 3.02. The Bertz CT molecular complexity index is 568. The first-order valence-corrected chi connectivity index (χ1v) is 8.08. The molecule has 1 aromatic carbocycles. The molecule has 7 heteroatoms. The summed E-state index contributed by atoms with van der Waals surface area (Å²) in [6.07, 6.45) is 0.644. The molecular weight excluding hydrogens is 294 g/mol. The molecule has 0 amide bonds. The van der Waals surface area contributed by atoms with E-state index < -0.39 is 22.0 Å². The molecule has 0 aromatic heterocycles. The van der Waals surface area contributed by atoms with Crippen molar-refractivity contribution in [3.63, 3.8) is 0 Å². The van der Waals surface area contributed by atoms with E-state index in [0.29, 0.717) is 12.2 Å². The van der Waals surface area contributed by atoms with E-state index in [9.17, 15) is 13.2 Å². The molecule has 118 valence electrons. The summed E-state index contributed by atoms with van der Waals surface area (Å²) in [7, 11) is -1.07. The standard InChI is InChI=1S/C14H21NO5S/c1-5-10(2)13(14(16)20-4)15-21(17,18)12-8-6-11(19-3)7-9-12/h6-10,13,15H,5H2,1-4H3/t10-,13-/m0/s1. The van der Waals surface area contributed by atoms with E-state index in [1.807, 2.05) is 6.92 Å². The first-order chi connectivity index (χ1) is 9.85. The van der Waals surface area contributed by atoms with Crippen LogP contribution in [0.3, 0.4) is 0 Å². The molecule has 0 aliphatic rings. The van der Waals surface area contributed by atoms with Crippen LogP contribution in [0.1, 0.15) is 20.3 Å². The topological polar surface area (TPSA) is 81.7 Å². The first kappa shape index (κ1) is 17.5. The van der Waals surface area contributed by atoms with Gasteiger partial charge in [-0.2, -0.15) is 4.72 Å². The maximum absolute atomic E-state index is 12.3. The maximum atomic E-state index is 12.3. The largest absolute Gasteiger partial charge is 0.497 e. The van der Waals surface area contributed by atoms with Crippen LogP contribution in [-0.2, 0) is 19.6 Å². The average Bonchev–Trinajstić information content (AvgIpc) is 2.51. The molecule has 6 nitrogen and oxygen atoms in total. The van der Waals surface area contributed by atoms with Crippen molar-refractivity contribution in [2.24, 2.45) is 5.92 Å². The van der Waals surface area contributed by atoms with Crippen molar-refractivity contribution in [2.45, 2.75) is 31.2 Å². The Morgan fingerprint density at radius 1 is 1.24 bits per heavy atom. The third-order valence-electron chi connectivity index (χ3n) is 3.32. The monoisotopic (exact) mass is 315 g/mol. The summed E-state index contributed by atoms with van der Waals surface area (Å²) in [6, 6.07) is 5.03. The molecule has 1 rings (SSSR count). The molecule has 21 heavy (non-hydrogen) atoms. The van der Waals surface area contributed by atoms with E-state index in [2.05, 4.69) is 9.46 Å². The minimum absolute atomic E-state index is 0.0699. The summed E-state index contributed by atoms with van der Waals surface area (Å²) in [6.45, 7) is 3.67. The number of hydrogen-bond donors (Lipinski definition) is 1. The minimum Gasteiger partial charge on any atom is -0.497 e. The van der Waals surface area contributed by atoms with Gasteiger partial charge < -0.3 is 9.47 Å². The molecule has 0 saturated carbocycles. The average molecular weight is 315 g/mol. The van der Waals surface area contributed by atoms with Gasteiger partial charge in [-0.25, -0.2) is 8.42 Å². The van der Waals surface area contributed by atoms with Gasteiger partial charge in [-0.15, -0.1) is 0 Å². The van der Waals surface area contributed by atoms with Crippen LogP contribution in [0.15, 0.2) is 29.2 Å². The van der Waals surface area contributed by atoms with Crippen molar-refractivity contribution in [3.05, 3.63) is 24.3 Å². The highest BCUT2D eigenvalue weighted by Gasteiger charge is 2.30. The number of ether oxygens (including phenoxy) is 2. The van der Waals surface area contributed by atoms with Crippen LogP contribution in [0.4, 0.5) is 0 Å². The zero-order valence-electron chi connectivity index (χ0n) is 12.6. The Hall–Kier alpha value is -1.60. The van der Waals surface area contributed by atoms with Gasteiger partial charge in [0, 0.05) is 0 Å². The Labute approximate surface area is 125 Å². The number of carbonyl (C=O) groups excluding carboxylic acids is 1. The predicted molar refractivity (Wildman–Crippen MR) is 78.6 cm³/mol. The van der Waals surface area contributed by atoms with Crippen LogP contribution in [0.25, 0.3) is 0 Å². The third-order valence-corrected chi connectivity index (χ3v) is 4.78. The van der Waals surface area contributed by atoms with Gasteiger partial charge in [-0.3, -0.25) is 4.79 Å². The van der Waals surface area contributed by atoms with Gasteiger partial charge in [0.2, 0.25) is 10.0 Å². The van der Waals surface area contributed by atoms with Crippen molar-refractivity contribution >= 4 is 16.0 Å². The van der Waals surface area contributed by atoms with Crippen molar-refractivity contribution in [2.75, 3.05) is 14.2 Å². The molecular formula is C14H21NO5S. The smallest absolute Gasteiger partial charge is 0.324 e. The first-order valence-electron chi connectivity index (χ1n) is 6.60. The van der Waals surface area contributed by atoms with Crippen molar-refractivity contribution < 1.29 is 22.7 Å². The van der Waals surface area contributed by atoms with Crippen molar-refractivity contribution in [3.8, 4) is 5.75 Å². The molecule has 0 bridgehead atoms. The lowest BCUT2D eigenvalue weighted by Gasteiger charge is -2.21. The van der Waals surface area contributed by atoms with Crippen LogP contribution in [0.5, 0.6) is 5.75 Å². The molecule has 0 heterocycles. The van der Waals surface area contributed by atoms with Gasteiger partial charge in [0.1, 0.15) is 11.8 Å². The van der Waals surface area contributed by atoms with Gasteiger partial charge in [0.25, 0.3) is 0 Å². The lowest BCUT2D eigenvalue weighted by atomic mass is 10.0. The van der Waals surface area contributed by atoms with Crippen LogP contribution in [0.2, 0.25) is 0 Å². The minimum atomic E-state index is -3.80. The summed E-state index contributed by atoms with van der Waals surface area (Å²) >= 11 is 0. The second-order valence-corrected chi connectivity index (χ2v) is 6.40. The van der Waals surface area contributed by atoms with Crippen LogP contribution in [0, 0.1) is 5.92 Å². The highest BCUT2D eigenvalue weighted by Crippen LogP contribution is 2.18. The van der Waals surface area contributed by atoms with Crippen LogP contribution < -0.4 is 9.46 Å². The fourth-order valence-electron chi connectivity index (χ4n) is 1.75. The number of carbonyl (C=O) groups is 1. The van der Waals surface area contributed by atoms with Gasteiger partial charge in [0.15, 0.2) is 0 Å². The predicted octanol–water partition coefficient (Wildman–Crippen LogP) is 1.56. The highest BCUT2D eigenvalue weighted by atomic mass is 32.2.